The van der Waals surface area contributed by atoms with E-state index in [0.717, 1.165) is 5.06 Å². The standard InChI is InChI=1S/C5H8N2O4S.Na/c8-12(9,10)11-7-4-2-1-3-6-5-7;/h1-3H,4-5H2,(H,8,9,10);/q;+1/p-1. The van der Waals surface area contributed by atoms with Gasteiger partial charge in [0.25, 0.3) is 0 Å². The molecule has 6 nitrogen and oxygen atoms in total. The topological polar surface area (TPSA) is 82.0 Å². The van der Waals surface area contributed by atoms with E-state index in [1.54, 1.807) is 12.2 Å². The van der Waals surface area contributed by atoms with E-state index in [4.69, 9.17) is 0 Å². The van der Waals surface area contributed by atoms with Crippen LogP contribution in [0.5, 0.6) is 0 Å². The Balaban J connectivity index is 0.00000144. The molecule has 0 N–H and O–H groups in total. The third kappa shape index (κ3) is 6.33. The maximum atomic E-state index is 10.1. The molecule has 0 aliphatic carbocycles. The zero-order valence-electron chi connectivity index (χ0n) is 7.08. The van der Waals surface area contributed by atoms with Crippen molar-refractivity contribution >= 4 is 16.6 Å². The number of hydroxylamine groups is 2. The molecule has 0 unspecified atom stereocenters. The van der Waals surface area contributed by atoms with E-state index in [0.29, 0.717) is 0 Å². The molecule has 68 valence electrons. The Morgan fingerprint density at radius 1 is 1.54 bits per heavy atom. The van der Waals surface area contributed by atoms with Gasteiger partial charge in [-0.05, 0) is 6.08 Å². The van der Waals surface area contributed by atoms with E-state index in [9.17, 15) is 13.0 Å². The molecule has 0 aromatic carbocycles. The molecule has 0 bridgehead atoms. The molecule has 0 aromatic heterocycles. The van der Waals surface area contributed by atoms with Crippen molar-refractivity contribution < 1.29 is 46.8 Å². The van der Waals surface area contributed by atoms with Crippen molar-refractivity contribution in [1.29, 1.82) is 0 Å². The quantitative estimate of drug-likeness (QED) is 0.268. The van der Waals surface area contributed by atoms with Gasteiger partial charge in [-0.1, -0.05) is 6.08 Å². The van der Waals surface area contributed by atoms with Crippen LogP contribution in [0.4, 0.5) is 0 Å². The van der Waals surface area contributed by atoms with Crippen LogP contribution in [0.2, 0.25) is 0 Å². The van der Waals surface area contributed by atoms with Gasteiger partial charge >= 0.3 is 29.6 Å². The van der Waals surface area contributed by atoms with Gasteiger partial charge in [-0.2, -0.15) is 4.28 Å². The first kappa shape index (κ1) is 13.2. The smallest absolute Gasteiger partial charge is 0.724 e. The van der Waals surface area contributed by atoms with Crippen LogP contribution in [0.1, 0.15) is 0 Å². The Morgan fingerprint density at radius 2 is 2.23 bits per heavy atom. The molecule has 0 atom stereocenters. The van der Waals surface area contributed by atoms with E-state index in [2.05, 4.69) is 9.28 Å². The van der Waals surface area contributed by atoms with Gasteiger partial charge in [-0.15, -0.1) is 5.06 Å². The molecule has 0 saturated carbocycles. The predicted octanol–water partition coefficient (Wildman–Crippen LogP) is -3.72. The zero-order chi connectivity index (χ0) is 9.03. The molecule has 13 heavy (non-hydrogen) atoms. The van der Waals surface area contributed by atoms with Crippen molar-refractivity contribution in [3.05, 3.63) is 12.2 Å². The number of allylic oxidation sites excluding steroid dienone is 1. The van der Waals surface area contributed by atoms with Crippen molar-refractivity contribution in [3.8, 4) is 0 Å². The molecule has 1 rings (SSSR count). The molecule has 1 aliphatic heterocycles. The van der Waals surface area contributed by atoms with Crippen molar-refractivity contribution in [2.75, 3.05) is 13.2 Å². The number of nitrogens with zero attached hydrogens (tertiary/aromatic N) is 2. The fraction of sp³-hybridized carbons (Fsp3) is 0.400. The zero-order valence-corrected chi connectivity index (χ0v) is 9.90. The molecule has 0 saturated heterocycles. The van der Waals surface area contributed by atoms with E-state index in [1.807, 2.05) is 0 Å². The molecule has 0 aromatic rings. The molecule has 8 heteroatoms. The molecular weight excluding hydrogens is 207 g/mol. The minimum atomic E-state index is -4.67. The van der Waals surface area contributed by atoms with Crippen LogP contribution in [0.3, 0.4) is 0 Å². The first-order valence-corrected chi connectivity index (χ1v) is 4.46. The summed E-state index contributed by atoms with van der Waals surface area (Å²) < 4.78 is 34.4. The summed E-state index contributed by atoms with van der Waals surface area (Å²) >= 11 is 0. The Bertz CT molecular complexity index is 286. The second-order valence-electron chi connectivity index (χ2n) is 2.05. The van der Waals surface area contributed by atoms with Crippen molar-refractivity contribution in [1.82, 2.24) is 5.06 Å². The summed E-state index contributed by atoms with van der Waals surface area (Å²) in [6, 6.07) is 0. The Hall–Kier alpha value is 0.240. The van der Waals surface area contributed by atoms with Crippen LogP contribution < -0.4 is 29.6 Å². The van der Waals surface area contributed by atoms with Gasteiger partial charge < -0.3 is 4.55 Å². The van der Waals surface area contributed by atoms with Crippen LogP contribution in [0, 0.1) is 0 Å². The SMILES string of the molecule is O=S(=O)([O-])ON1CC=CC=NC1.[Na+]. The first-order valence-electron chi connectivity index (χ1n) is 3.13. The summed E-state index contributed by atoms with van der Waals surface area (Å²) in [4.78, 5) is 3.72. The van der Waals surface area contributed by atoms with Crippen LogP contribution >= 0.6 is 0 Å². The summed E-state index contributed by atoms with van der Waals surface area (Å²) in [6.45, 7) is 0.260. The summed E-state index contributed by atoms with van der Waals surface area (Å²) in [6.07, 6.45) is 4.77. The first-order chi connectivity index (χ1) is 5.58. The maximum Gasteiger partial charge on any atom is 1.00 e. The molecule has 0 amide bonds. The predicted molar refractivity (Wildman–Crippen MR) is 40.0 cm³/mol. The Labute approximate surface area is 98.5 Å². The van der Waals surface area contributed by atoms with Crippen molar-refractivity contribution in [2.24, 2.45) is 4.99 Å². The van der Waals surface area contributed by atoms with Crippen LogP contribution in [0.25, 0.3) is 0 Å². The average molecular weight is 214 g/mol. The van der Waals surface area contributed by atoms with E-state index in [1.165, 1.54) is 6.21 Å². The maximum absolute atomic E-state index is 10.1. The largest absolute Gasteiger partial charge is 1.00 e. The molecule has 0 fully saturated rings. The summed E-state index contributed by atoms with van der Waals surface area (Å²) in [5.41, 5.74) is 0. The normalized spacial score (nSPS) is 17.9. The van der Waals surface area contributed by atoms with Gasteiger partial charge in [0, 0.05) is 12.8 Å². The van der Waals surface area contributed by atoms with Crippen LogP contribution in [-0.2, 0) is 14.7 Å². The summed E-state index contributed by atoms with van der Waals surface area (Å²) in [5, 5.41) is 0.947. The van der Waals surface area contributed by atoms with E-state index >= 15 is 0 Å². The fourth-order valence-electron chi connectivity index (χ4n) is 0.679. The van der Waals surface area contributed by atoms with E-state index < -0.39 is 10.4 Å². The molecule has 1 heterocycles. The Morgan fingerprint density at radius 3 is 2.85 bits per heavy atom. The van der Waals surface area contributed by atoms with Crippen molar-refractivity contribution in [2.45, 2.75) is 0 Å². The molecule has 1 aliphatic rings. The van der Waals surface area contributed by atoms with Crippen LogP contribution in [-0.4, -0.2) is 37.5 Å². The number of aliphatic imine (C=N–C) groups is 1. The minimum Gasteiger partial charge on any atom is -0.724 e. The average Bonchev–Trinajstić information content (AvgIpc) is 2.12. The third-order valence-electron chi connectivity index (χ3n) is 1.07. The number of hydrogen-bond donors (Lipinski definition) is 0. The fourth-order valence-corrected chi connectivity index (χ4v) is 1.05. The van der Waals surface area contributed by atoms with Gasteiger partial charge in [0.15, 0.2) is 0 Å². The molecule has 0 radical (unpaired) electrons. The van der Waals surface area contributed by atoms with Gasteiger partial charge in [0.2, 0.25) is 10.4 Å². The third-order valence-corrected chi connectivity index (χ3v) is 1.47. The summed E-state index contributed by atoms with van der Waals surface area (Å²) in [5.74, 6) is 0. The second-order valence-corrected chi connectivity index (χ2v) is 3.01. The minimum absolute atomic E-state index is 0. The van der Waals surface area contributed by atoms with Gasteiger partial charge in [-0.3, -0.25) is 4.99 Å². The summed E-state index contributed by atoms with van der Waals surface area (Å²) in [7, 11) is -4.67. The molecular formula is C5H7N2NaO4S. The second kappa shape index (κ2) is 5.86. The van der Waals surface area contributed by atoms with Crippen molar-refractivity contribution in [3.63, 3.8) is 0 Å². The van der Waals surface area contributed by atoms with Crippen LogP contribution in [0.15, 0.2) is 17.1 Å². The number of rotatable bonds is 2. The van der Waals surface area contributed by atoms with E-state index in [-0.39, 0.29) is 42.8 Å². The van der Waals surface area contributed by atoms with Gasteiger partial charge in [0.05, 0.1) is 0 Å². The number of hydrogen-bond acceptors (Lipinski definition) is 6. The molecule has 0 spiro atoms. The Kier molecular flexibility index (Phi) is 5.97. The van der Waals surface area contributed by atoms with Gasteiger partial charge in [0.1, 0.15) is 6.67 Å². The van der Waals surface area contributed by atoms with Gasteiger partial charge in [-0.25, -0.2) is 8.42 Å². The monoisotopic (exact) mass is 214 g/mol.